The lowest BCUT2D eigenvalue weighted by atomic mass is 10.3. The van der Waals surface area contributed by atoms with Gasteiger partial charge in [-0.2, -0.15) is 11.8 Å². The number of benzene rings is 1. The maximum atomic E-state index is 13.1. The fourth-order valence-corrected chi connectivity index (χ4v) is 1.39. The molecule has 0 spiro atoms. The molecule has 72 valence electrons. The molecule has 1 nitrogen and oxygen atoms in total. The van der Waals surface area contributed by atoms with Crippen LogP contribution < -0.4 is 5.32 Å². The van der Waals surface area contributed by atoms with Crippen LogP contribution in [0.3, 0.4) is 0 Å². The summed E-state index contributed by atoms with van der Waals surface area (Å²) in [6, 6.07) is 4.63. The Labute approximate surface area is 86.7 Å². The Hall–Kier alpha value is -0.410. The zero-order valence-electron chi connectivity index (χ0n) is 7.31. The quantitative estimate of drug-likeness (QED) is 0.781. The summed E-state index contributed by atoms with van der Waals surface area (Å²) in [6.07, 6.45) is 2.01. The van der Waals surface area contributed by atoms with Crippen LogP contribution in [0.1, 0.15) is 0 Å². The molecular formula is C9H11ClFNS. The first-order valence-electron chi connectivity index (χ1n) is 3.92. The van der Waals surface area contributed by atoms with Crippen molar-refractivity contribution in [2.24, 2.45) is 0 Å². The van der Waals surface area contributed by atoms with Crippen molar-refractivity contribution in [3.63, 3.8) is 0 Å². The van der Waals surface area contributed by atoms with Gasteiger partial charge in [-0.1, -0.05) is 11.6 Å². The van der Waals surface area contributed by atoms with Crippen molar-refractivity contribution in [3.05, 3.63) is 29.0 Å². The molecule has 0 aliphatic heterocycles. The molecule has 0 saturated carbocycles. The van der Waals surface area contributed by atoms with Gasteiger partial charge in [0.2, 0.25) is 0 Å². The SMILES string of the molecule is CSCCNc1ccc(Cl)cc1F. The summed E-state index contributed by atoms with van der Waals surface area (Å²) in [6.45, 7) is 0.764. The number of thioether (sulfide) groups is 1. The first kappa shape index (κ1) is 10.7. The fraction of sp³-hybridized carbons (Fsp3) is 0.333. The van der Waals surface area contributed by atoms with Gasteiger partial charge in [-0.15, -0.1) is 0 Å². The van der Waals surface area contributed by atoms with Crippen molar-refractivity contribution in [2.45, 2.75) is 0 Å². The molecule has 1 aromatic rings. The second kappa shape index (κ2) is 5.35. The van der Waals surface area contributed by atoms with Crippen LogP contribution in [-0.2, 0) is 0 Å². The van der Waals surface area contributed by atoms with Crippen molar-refractivity contribution >= 4 is 29.1 Å². The Bertz CT molecular complexity index is 280. The van der Waals surface area contributed by atoms with Crippen LogP contribution in [-0.4, -0.2) is 18.6 Å². The lowest BCUT2D eigenvalue weighted by Crippen LogP contribution is -2.05. The molecule has 0 saturated heterocycles. The van der Waals surface area contributed by atoms with Crippen LogP contribution in [0.15, 0.2) is 18.2 Å². The molecule has 1 aromatic carbocycles. The fourth-order valence-electron chi connectivity index (χ4n) is 0.921. The summed E-state index contributed by atoms with van der Waals surface area (Å²) in [5, 5.41) is 3.41. The van der Waals surface area contributed by atoms with E-state index in [1.807, 2.05) is 6.26 Å². The van der Waals surface area contributed by atoms with E-state index < -0.39 is 0 Å². The van der Waals surface area contributed by atoms with E-state index in [2.05, 4.69) is 5.32 Å². The van der Waals surface area contributed by atoms with Crippen LogP contribution in [0.5, 0.6) is 0 Å². The van der Waals surface area contributed by atoms with Gasteiger partial charge in [0.05, 0.1) is 5.69 Å². The van der Waals surface area contributed by atoms with Crippen molar-refractivity contribution in [2.75, 3.05) is 23.9 Å². The Kier molecular flexibility index (Phi) is 4.39. The average molecular weight is 220 g/mol. The van der Waals surface area contributed by atoms with E-state index in [9.17, 15) is 4.39 Å². The topological polar surface area (TPSA) is 12.0 Å². The third-order valence-corrected chi connectivity index (χ3v) is 2.40. The molecule has 1 N–H and O–H groups in total. The monoisotopic (exact) mass is 219 g/mol. The lowest BCUT2D eigenvalue weighted by Gasteiger charge is -2.06. The predicted molar refractivity (Wildman–Crippen MR) is 58.3 cm³/mol. The Morgan fingerprint density at radius 3 is 2.92 bits per heavy atom. The number of rotatable bonds is 4. The maximum absolute atomic E-state index is 13.1. The van der Waals surface area contributed by atoms with Gasteiger partial charge in [-0.3, -0.25) is 0 Å². The van der Waals surface area contributed by atoms with Crippen molar-refractivity contribution in [1.82, 2.24) is 0 Å². The minimum atomic E-state index is -0.298. The zero-order valence-corrected chi connectivity index (χ0v) is 8.88. The summed E-state index contributed by atoms with van der Waals surface area (Å²) < 4.78 is 13.1. The van der Waals surface area contributed by atoms with Gasteiger partial charge in [0, 0.05) is 17.3 Å². The summed E-state index contributed by atoms with van der Waals surface area (Å²) in [4.78, 5) is 0. The highest BCUT2D eigenvalue weighted by atomic mass is 35.5. The van der Waals surface area contributed by atoms with Gasteiger partial charge < -0.3 is 5.32 Å². The smallest absolute Gasteiger partial charge is 0.147 e. The molecular weight excluding hydrogens is 209 g/mol. The first-order valence-corrected chi connectivity index (χ1v) is 5.69. The maximum Gasteiger partial charge on any atom is 0.147 e. The van der Waals surface area contributed by atoms with Gasteiger partial charge in [0.25, 0.3) is 0 Å². The summed E-state index contributed by atoms with van der Waals surface area (Å²) in [7, 11) is 0. The van der Waals surface area contributed by atoms with Crippen molar-refractivity contribution in [1.29, 1.82) is 0 Å². The molecule has 0 aliphatic rings. The minimum Gasteiger partial charge on any atom is -0.382 e. The van der Waals surface area contributed by atoms with Crippen molar-refractivity contribution < 1.29 is 4.39 Å². The number of halogens is 2. The summed E-state index contributed by atoms with van der Waals surface area (Å²) in [5.41, 5.74) is 0.512. The highest BCUT2D eigenvalue weighted by Gasteiger charge is 2.00. The molecule has 1 rings (SSSR count). The van der Waals surface area contributed by atoms with E-state index >= 15 is 0 Å². The minimum absolute atomic E-state index is 0.298. The van der Waals surface area contributed by atoms with Gasteiger partial charge in [-0.05, 0) is 24.5 Å². The Morgan fingerprint density at radius 1 is 1.54 bits per heavy atom. The zero-order chi connectivity index (χ0) is 9.68. The molecule has 0 bridgehead atoms. The summed E-state index contributed by atoms with van der Waals surface area (Å²) in [5.74, 6) is 0.663. The van der Waals surface area contributed by atoms with Crippen LogP contribution >= 0.6 is 23.4 Å². The van der Waals surface area contributed by atoms with E-state index in [1.54, 1.807) is 23.9 Å². The third-order valence-electron chi connectivity index (χ3n) is 1.55. The Balaban J connectivity index is 2.56. The second-order valence-electron chi connectivity index (χ2n) is 2.54. The lowest BCUT2D eigenvalue weighted by molar-refractivity contribution is 0.630. The van der Waals surface area contributed by atoms with Gasteiger partial charge in [0.1, 0.15) is 5.82 Å². The van der Waals surface area contributed by atoms with E-state index in [0.717, 1.165) is 12.3 Å². The highest BCUT2D eigenvalue weighted by molar-refractivity contribution is 7.98. The van der Waals surface area contributed by atoms with Crippen LogP contribution in [0.2, 0.25) is 5.02 Å². The predicted octanol–water partition coefficient (Wildman–Crippen LogP) is 3.25. The van der Waals surface area contributed by atoms with E-state index in [1.165, 1.54) is 6.07 Å². The number of hydrogen-bond donors (Lipinski definition) is 1. The molecule has 0 unspecified atom stereocenters. The van der Waals surface area contributed by atoms with Crippen LogP contribution in [0.25, 0.3) is 0 Å². The average Bonchev–Trinajstić information content (AvgIpc) is 2.09. The Morgan fingerprint density at radius 2 is 2.31 bits per heavy atom. The van der Waals surface area contributed by atoms with E-state index in [4.69, 9.17) is 11.6 Å². The highest BCUT2D eigenvalue weighted by Crippen LogP contribution is 2.18. The number of hydrogen-bond acceptors (Lipinski definition) is 2. The van der Waals surface area contributed by atoms with Crippen molar-refractivity contribution in [3.8, 4) is 0 Å². The normalized spacial score (nSPS) is 10.1. The molecule has 0 amide bonds. The summed E-state index contributed by atoms with van der Waals surface area (Å²) >= 11 is 7.33. The van der Waals surface area contributed by atoms with Crippen LogP contribution in [0.4, 0.5) is 10.1 Å². The number of anilines is 1. The molecule has 0 atom stereocenters. The molecule has 0 heterocycles. The second-order valence-corrected chi connectivity index (χ2v) is 3.97. The standard InChI is InChI=1S/C9H11ClFNS/c1-13-5-4-12-9-3-2-7(10)6-8(9)11/h2-3,6,12H,4-5H2,1H3. The van der Waals surface area contributed by atoms with Gasteiger partial charge in [0.15, 0.2) is 0 Å². The van der Waals surface area contributed by atoms with Crippen LogP contribution in [0, 0.1) is 5.82 Å². The van der Waals surface area contributed by atoms with E-state index in [-0.39, 0.29) is 5.82 Å². The van der Waals surface area contributed by atoms with Gasteiger partial charge in [-0.25, -0.2) is 4.39 Å². The molecule has 0 radical (unpaired) electrons. The molecule has 0 fully saturated rings. The molecule has 0 aliphatic carbocycles. The van der Waals surface area contributed by atoms with Gasteiger partial charge >= 0.3 is 0 Å². The third kappa shape index (κ3) is 3.44. The van der Waals surface area contributed by atoms with E-state index in [0.29, 0.717) is 10.7 Å². The first-order chi connectivity index (χ1) is 6.24. The largest absolute Gasteiger partial charge is 0.382 e. The molecule has 13 heavy (non-hydrogen) atoms. The molecule has 4 heteroatoms. The molecule has 0 aromatic heterocycles. The number of nitrogens with one attached hydrogen (secondary N) is 1.